The molecule has 0 bridgehead atoms. The molecule has 1 aromatic carbocycles. The largest absolute Gasteiger partial charge is 0.469 e. The Hall–Kier alpha value is -1.83. The van der Waals surface area contributed by atoms with Crippen molar-refractivity contribution in [2.75, 3.05) is 7.11 Å². The summed E-state index contributed by atoms with van der Waals surface area (Å²) in [7, 11) is 1.52. The second kappa shape index (κ2) is 8.73. The quantitative estimate of drug-likeness (QED) is 0.277. The number of carbonyl (C=O) groups excluding carboxylic acids is 1. The number of allylic oxidation sites excluding steroid dienone is 3. The lowest BCUT2D eigenvalue weighted by Gasteiger charge is -2.54. The molecule has 0 N–H and O–H groups in total. The number of aryl methyl sites for hydroxylation is 1. The van der Waals surface area contributed by atoms with Crippen LogP contribution in [0.25, 0.3) is 0 Å². The molecule has 0 spiro atoms. The molecule has 1 aromatic rings. The third-order valence-electron chi connectivity index (χ3n) is 8.77. The van der Waals surface area contributed by atoms with Gasteiger partial charge in [0.25, 0.3) is 0 Å². The maximum Gasteiger partial charge on any atom is 0.313 e. The van der Waals surface area contributed by atoms with E-state index in [2.05, 4.69) is 54.6 Å². The Balaban J connectivity index is 1.08. The summed E-state index contributed by atoms with van der Waals surface area (Å²) in [4.78, 5) is 12.2. The molecule has 0 aliphatic heterocycles. The van der Waals surface area contributed by atoms with Crippen LogP contribution in [0, 0.1) is 47.3 Å². The average molecular weight is 405 g/mol. The Morgan fingerprint density at radius 1 is 0.900 bits per heavy atom. The number of carbonyl (C=O) groups is 1. The lowest BCUT2D eigenvalue weighted by Crippen LogP contribution is -2.50. The van der Waals surface area contributed by atoms with Crippen LogP contribution in [0.3, 0.4) is 0 Å². The Bertz CT molecular complexity index is 794. The van der Waals surface area contributed by atoms with Gasteiger partial charge < -0.3 is 4.74 Å². The molecule has 160 valence electrons. The number of rotatable bonds is 9. The van der Waals surface area contributed by atoms with E-state index in [1.807, 2.05) is 0 Å². The number of esters is 1. The molecule has 30 heavy (non-hydrogen) atoms. The van der Waals surface area contributed by atoms with Crippen molar-refractivity contribution in [2.24, 2.45) is 47.3 Å². The second-order valence-electron chi connectivity index (χ2n) is 10.1. The van der Waals surface area contributed by atoms with E-state index in [9.17, 15) is 4.79 Å². The number of hydrogen-bond donors (Lipinski definition) is 0. The van der Waals surface area contributed by atoms with Gasteiger partial charge in [-0.25, -0.2) is 0 Å². The highest BCUT2D eigenvalue weighted by Gasteiger charge is 2.62. The SMILES string of the molecule is COC(=O)C1C=CC2CC3C(CCCCCCCc4ccccc4)C4C=CC1C2C43. The van der Waals surface area contributed by atoms with Crippen molar-refractivity contribution in [1.82, 2.24) is 0 Å². The van der Waals surface area contributed by atoms with Crippen LogP contribution in [-0.4, -0.2) is 13.1 Å². The average Bonchev–Trinajstić information content (AvgIpc) is 3.13. The van der Waals surface area contributed by atoms with Gasteiger partial charge in [0.2, 0.25) is 0 Å². The summed E-state index contributed by atoms with van der Waals surface area (Å²) in [6.07, 6.45) is 20.2. The zero-order chi connectivity index (χ0) is 20.5. The van der Waals surface area contributed by atoms with Gasteiger partial charge in [-0.3, -0.25) is 4.79 Å². The van der Waals surface area contributed by atoms with Crippen LogP contribution < -0.4 is 0 Å². The lowest BCUT2D eigenvalue weighted by molar-refractivity contribution is -0.146. The standard InChI is InChI=1S/C28H36O2/c1-30-28(29)24-15-14-20-18-25-21(22-16-17-23(24)26(20)27(22)25)13-9-4-2-3-6-10-19-11-7-5-8-12-19/h5,7-8,11-12,14-17,20-27H,2-4,6,9-10,13,18H2,1H3. The van der Waals surface area contributed by atoms with E-state index in [0.29, 0.717) is 17.8 Å². The first-order valence-electron chi connectivity index (χ1n) is 12.3. The minimum Gasteiger partial charge on any atom is -0.469 e. The Morgan fingerprint density at radius 2 is 1.67 bits per heavy atom. The summed E-state index contributed by atoms with van der Waals surface area (Å²) in [6, 6.07) is 10.9. The van der Waals surface area contributed by atoms with E-state index in [4.69, 9.17) is 4.74 Å². The number of benzene rings is 1. The van der Waals surface area contributed by atoms with Crippen LogP contribution in [0.15, 0.2) is 54.6 Å². The minimum absolute atomic E-state index is 0.0515. The number of ether oxygens (including phenoxy) is 1. The molecular formula is C28H36O2. The van der Waals surface area contributed by atoms with E-state index in [1.54, 1.807) is 0 Å². The molecule has 0 radical (unpaired) electrons. The van der Waals surface area contributed by atoms with Gasteiger partial charge >= 0.3 is 5.97 Å². The van der Waals surface area contributed by atoms with Gasteiger partial charge in [-0.1, -0.05) is 80.3 Å². The summed E-state index contributed by atoms with van der Waals surface area (Å²) < 4.78 is 5.08. The van der Waals surface area contributed by atoms with E-state index >= 15 is 0 Å². The topological polar surface area (TPSA) is 26.3 Å². The van der Waals surface area contributed by atoms with Gasteiger partial charge in [0.1, 0.15) is 0 Å². The minimum atomic E-state index is -0.0536. The van der Waals surface area contributed by atoms with Crippen LogP contribution >= 0.6 is 0 Å². The van der Waals surface area contributed by atoms with Crippen molar-refractivity contribution in [2.45, 2.75) is 51.4 Å². The highest BCUT2D eigenvalue weighted by Crippen LogP contribution is 2.67. The number of methoxy groups -OCH3 is 1. The van der Waals surface area contributed by atoms with Gasteiger partial charge in [-0.15, -0.1) is 0 Å². The van der Waals surface area contributed by atoms with Crippen molar-refractivity contribution in [3.63, 3.8) is 0 Å². The normalized spacial score (nSPS) is 37.5. The predicted octanol–water partition coefficient (Wildman–Crippen LogP) is 6.23. The van der Waals surface area contributed by atoms with Gasteiger partial charge in [0, 0.05) is 0 Å². The highest BCUT2D eigenvalue weighted by molar-refractivity contribution is 5.75. The molecule has 0 heterocycles. The first-order valence-corrected chi connectivity index (χ1v) is 12.3. The van der Waals surface area contributed by atoms with Crippen LogP contribution in [0.5, 0.6) is 0 Å². The highest BCUT2D eigenvalue weighted by atomic mass is 16.5. The molecule has 2 nitrogen and oxygen atoms in total. The monoisotopic (exact) mass is 404 g/mol. The molecule has 0 amide bonds. The number of hydrogen-bond acceptors (Lipinski definition) is 2. The summed E-state index contributed by atoms with van der Waals surface area (Å²) in [5.41, 5.74) is 1.48. The van der Waals surface area contributed by atoms with E-state index in [1.165, 1.54) is 64.0 Å². The summed E-state index contributed by atoms with van der Waals surface area (Å²) >= 11 is 0. The summed E-state index contributed by atoms with van der Waals surface area (Å²) in [5, 5.41) is 0. The smallest absolute Gasteiger partial charge is 0.313 e. The van der Waals surface area contributed by atoms with Gasteiger partial charge in [0.15, 0.2) is 0 Å². The lowest BCUT2D eigenvalue weighted by atomic mass is 9.50. The first-order chi connectivity index (χ1) is 14.8. The van der Waals surface area contributed by atoms with Crippen molar-refractivity contribution >= 4 is 5.97 Å². The van der Waals surface area contributed by atoms with Crippen molar-refractivity contribution in [1.29, 1.82) is 0 Å². The molecule has 2 saturated carbocycles. The maximum absolute atomic E-state index is 12.2. The van der Waals surface area contributed by atoms with Crippen molar-refractivity contribution < 1.29 is 9.53 Å². The molecule has 5 rings (SSSR count). The van der Waals surface area contributed by atoms with Crippen LogP contribution in [0.2, 0.25) is 0 Å². The van der Waals surface area contributed by atoms with Crippen LogP contribution in [0.4, 0.5) is 0 Å². The Labute approximate surface area is 181 Å². The molecule has 0 saturated heterocycles. The zero-order valence-electron chi connectivity index (χ0n) is 18.3. The van der Waals surface area contributed by atoms with Gasteiger partial charge in [0.05, 0.1) is 13.0 Å². The molecule has 4 aliphatic rings. The fourth-order valence-electron chi connectivity index (χ4n) is 7.44. The fourth-order valence-corrected chi connectivity index (χ4v) is 7.44. The van der Waals surface area contributed by atoms with Crippen molar-refractivity contribution in [3.05, 3.63) is 60.2 Å². The van der Waals surface area contributed by atoms with E-state index in [0.717, 1.165) is 23.7 Å². The second-order valence-corrected chi connectivity index (χ2v) is 10.1. The maximum atomic E-state index is 12.2. The van der Waals surface area contributed by atoms with Crippen LogP contribution in [0.1, 0.15) is 50.5 Å². The molecular weight excluding hydrogens is 368 g/mol. The molecule has 2 heteroatoms. The van der Waals surface area contributed by atoms with Gasteiger partial charge in [-0.2, -0.15) is 0 Å². The molecule has 0 aromatic heterocycles. The van der Waals surface area contributed by atoms with Crippen molar-refractivity contribution in [3.8, 4) is 0 Å². The van der Waals surface area contributed by atoms with Crippen LogP contribution in [-0.2, 0) is 16.0 Å². The molecule has 8 unspecified atom stereocenters. The third-order valence-corrected chi connectivity index (χ3v) is 8.77. The molecule has 2 fully saturated rings. The predicted molar refractivity (Wildman–Crippen MR) is 121 cm³/mol. The van der Waals surface area contributed by atoms with E-state index in [-0.39, 0.29) is 11.9 Å². The fraction of sp³-hybridized carbons (Fsp3) is 0.607. The summed E-state index contributed by atoms with van der Waals surface area (Å²) in [5.74, 6) is 5.07. The first kappa shape index (κ1) is 20.1. The summed E-state index contributed by atoms with van der Waals surface area (Å²) in [6.45, 7) is 0. The van der Waals surface area contributed by atoms with Gasteiger partial charge in [-0.05, 0) is 72.7 Å². The molecule has 8 atom stereocenters. The van der Waals surface area contributed by atoms with E-state index < -0.39 is 0 Å². The Kier molecular flexibility index (Phi) is 5.85. The zero-order valence-corrected chi connectivity index (χ0v) is 18.3. The molecule has 4 aliphatic carbocycles. The Morgan fingerprint density at radius 3 is 2.50 bits per heavy atom. The third kappa shape index (κ3) is 3.57. The number of unbranched alkanes of at least 4 members (excludes halogenated alkanes) is 4.